The molecule has 0 amide bonds. The lowest BCUT2D eigenvalue weighted by atomic mass is 10.1. The molecule has 0 aliphatic rings. The van der Waals surface area contributed by atoms with Crippen molar-refractivity contribution in [3.8, 4) is 0 Å². The Morgan fingerprint density at radius 3 is 2.50 bits per heavy atom. The number of halogens is 1. The smallest absolute Gasteiger partial charge is 0.0735 e. The van der Waals surface area contributed by atoms with Crippen molar-refractivity contribution < 1.29 is 4.74 Å². The van der Waals surface area contributed by atoms with E-state index in [1.54, 1.807) is 0 Å². The predicted molar refractivity (Wildman–Crippen MR) is 68.4 cm³/mol. The molecule has 1 aromatic carbocycles. The lowest BCUT2D eigenvalue weighted by Gasteiger charge is -2.17. The minimum Gasteiger partial charge on any atom is -0.374 e. The molecule has 1 aromatic rings. The second-order valence-electron chi connectivity index (χ2n) is 4.39. The van der Waals surface area contributed by atoms with E-state index in [4.69, 9.17) is 22.1 Å². The van der Waals surface area contributed by atoms with Gasteiger partial charge in [0.1, 0.15) is 0 Å². The van der Waals surface area contributed by atoms with E-state index >= 15 is 0 Å². The van der Waals surface area contributed by atoms with Crippen LogP contribution >= 0.6 is 11.6 Å². The van der Waals surface area contributed by atoms with E-state index in [9.17, 15) is 0 Å². The summed E-state index contributed by atoms with van der Waals surface area (Å²) >= 11 is 6.14. The molecule has 0 bridgehead atoms. The van der Waals surface area contributed by atoms with Crippen molar-refractivity contribution in [2.75, 3.05) is 0 Å². The van der Waals surface area contributed by atoms with E-state index in [1.807, 2.05) is 18.2 Å². The Hall–Kier alpha value is -0.570. The number of benzene rings is 1. The molecule has 0 heterocycles. The second kappa shape index (κ2) is 6.24. The van der Waals surface area contributed by atoms with Crippen LogP contribution in [0, 0.1) is 5.92 Å². The van der Waals surface area contributed by atoms with Gasteiger partial charge in [-0.1, -0.05) is 37.6 Å². The number of rotatable bonds is 5. The zero-order valence-electron chi connectivity index (χ0n) is 10.2. The molecule has 2 N–H and O–H groups in total. The molecule has 1 atom stereocenters. The first kappa shape index (κ1) is 13.5. The van der Waals surface area contributed by atoms with E-state index in [-0.39, 0.29) is 6.10 Å². The maximum absolute atomic E-state index is 6.14. The molecule has 0 spiro atoms. The fourth-order valence-electron chi connectivity index (χ4n) is 1.25. The maximum atomic E-state index is 6.14. The Morgan fingerprint density at radius 2 is 2.00 bits per heavy atom. The van der Waals surface area contributed by atoms with E-state index in [1.165, 1.54) is 0 Å². The molecular weight excluding hydrogens is 222 g/mol. The summed E-state index contributed by atoms with van der Waals surface area (Å²) < 4.78 is 5.73. The van der Waals surface area contributed by atoms with E-state index < -0.39 is 0 Å². The minimum absolute atomic E-state index is 0.241. The van der Waals surface area contributed by atoms with Gasteiger partial charge in [0.15, 0.2) is 0 Å². The quantitative estimate of drug-likeness (QED) is 0.858. The Labute approximate surface area is 103 Å². The highest BCUT2D eigenvalue weighted by Crippen LogP contribution is 2.20. The maximum Gasteiger partial charge on any atom is 0.0735 e. The number of hydrogen-bond acceptors (Lipinski definition) is 2. The third-order valence-electron chi connectivity index (χ3n) is 2.79. The summed E-state index contributed by atoms with van der Waals surface area (Å²) in [6.07, 6.45) is 0.241. The molecule has 0 radical (unpaired) electrons. The fourth-order valence-corrected chi connectivity index (χ4v) is 1.51. The molecule has 0 aliphatic carbocycles. The van der Waals surface area contributed by atoms with Crippen LogP contribution in [0.2, 0.25) is 5.02 Å². The van der Waals surface area contributed by atoms with Gasteiger partial charge in [0.2, 0.25) is 0 Å². The SMILES string of the molecule is CC(C)C(C)OCc1ccc(CN)cc1Cl. The van der Waals surface area contributed by atoms with Crippen LogP contribution < -0.4 is 5.73 Å². The van der Waals surface area contributed by atoms with Crippen molar-refractivity contribution in [2.45, 2.75) is 40.0 Å². The van der Waals surface area contributed by atoms with Crippen LogP contribution in [0.5, 0.6) is 0 Å². The van der Waals surface area contributed by atoms with Gasteiger partial charge in [-0.15, -0.1) is 0 Å². The Morgan fingerprint density at radius 1 is 1.31 bits per heavy atom. The first-order valence-electron chi connectivity index (χ1n) is 5.63. The molecular formula is C13H20ClNO. The molecule has 3 heteroatoms. The Bertz CT molecular complexity index is 339. The van der Waals surface area contributed by atoms with Crippen LogP contribution in [0.1, 0.15) is 31.9 Å². The highest BCUT2D eigenvalue weighted by Gasteiger charge is 2.08. The van der Waals surface area contributed by atoms with Gasteiger partial charge in [-0.25, -0.2) is 0 Å². The monoisotopic (exact) mass is 241 g/mol. The summed E-state index contributed by atoms with van der Waals surface area (Å²) in [5, 5.41) is 0.735. The fraction of sp³-hybridized carbons (Fsp3) is 0.538. The van der Waals surface area contributed by atoms with E-state index in [0.29, 0.717) is 19.1 Å². The van der Waals surface area contributed by atoms with Gasteiger partial charge in [-0.05, 0) is 30.0 Å². The molecule has 0 aromatic heterocycles. The highest BCUT2D eigenvalue weighted by atomic mass is 35.5. The normalized spacial score (nSPS) is 13.1. The second-order valence-corrected chi connectivity index (χ2v) is 4.80. The molecule has 90 valence electrons. The standard InChI is InChI=1S/C13H20ClNO/c1-9(2)10(3)16-8-12-5-4-11(7-15)6-13(12)14/h4-6,9-10H,7-8,15H2,1-3H3. The third kappa shape index (κ3) is 3.78. The van der Waals surface area contributed by atoms with Crippen molar-refractivity contribution >= 4 is 11.6 Å². The van der Waals surface area contributed by atoms with Crippen molar-refractivity contribution in [2.24, 2.45) is 11.7 Å². The molecule has 0 aliphatic heterocycles. The summed E-state index contributed by atoms with van der Waals surface area (Å²) in [6, 6.07) is 5.88. The molecule has 2 nitrogen and oxygen atoms in total. The first-order valence-corrected chi connectivity index (χ1v) is 6.01. The summed E-state index contributed by atoms with van der Waals surface area (Å²) in [5.41, 5.74) is 7.61. The number of nitrogens with two attached hydrogens (primary N) is 1. The van der Waals surface area contributed by atoms with Crippen LogP contribution in [-0.4, -0.2) is 6.10 Å². The topological polar surface area (TPSA) is 35.2 Å². The molecule has 1 unspecified atom stereocenters. The summed E-state index contributed by atoms with van der Waals surface area (Å²) in [4.78, 5) is 0. The van der Waals surface area contributed by atoms with Crippen LogP contribution in [-0.2, 0) is 17.9 Å². The van der Waals surface area contributed by atoms with Crippen LogP contribution in [0.4, 0.5) is 0 Å². The van der Waals surface area contributed by atoms with Crippen molar-refractivity contribution in [1.29, 1.82) is 0 Å². The van der Waals surface area contributed by atoms with Crippen molar-refractivity contribution in [1.82, 2.24) is 0 Å². The van der Waals surface area contributed by atoms with Gasteiger partial charge in [-0.2, -0.15) is 0 Å². The molecule has 0 fully saturated rings. The van der Waals surface area contributed by atoms with E-state index in [2.05, 4.69) is 20.8 Å². The van der Waals surface area contributed by atoms with Gasteiger partial charge in [0, 0.05) is 11.6 Å². The Kier molecular flexibility index (Phi) is 5.26. The molecule has 16 heavy (non-hydrogen) atoms. The average molecular weight is 242 g/mol. The summed E-state index contributed by atoms with van der Waals surface area (Å²) in [6.45, 7) is 7.44. The van der Waals surface area contributed by atoms with Gasteiger partial charge in [-0.3, -0.25) is 0 Å². The van der Waals surface area contributed by atoms with Gasteiger partial charge < -0.3 is 10.5 Å². The lowest BCUT2D eigenvalue weighted by molar-refractivity contribution is 0.0235. The van der Waals surface area contributed by atoms with Crippen molar-refractivity contribution in [3.05, 3.63) is 34.3 Å². The third-order valence-corrected chi connectivity index (χ3v) is 3.15. The zero-order chi connectivity index (χ0) is 12.1. The average Bonchev–Trinajstić information content (AvgIpc) is 2.26. The van der Waals surface area contributed by atoms with Crippen LogP contribution in [0.15, 0.2) is 18.2 Å². The lowest BCUT2D eigenvalue weighted by Crippen LogP contribution is -2.15. The van der Waals surface area contributed by atoms with E-state index in [0.717, 1.165) is 16.1 Å². The zero-order valence-corrected chi connectivity index (χ0v) is 10.9. The molecule has 0 saturated heterocycles. The summed E-state index contributed by atoms with van der Waals surface area (Å²) in [7, 11) is 0. The molecule has 0 saturated carbocycles. The summed E-state index contributed by atoms with van der Waals surface area (Å²) in [5.74, 6) is 0.516. The number of ether oxygens (including phenoxy) is 1. The Balaban J connectivity index is 2.61. The van der Waals surface area contributed by atoms with Gasteiger partial charge >= 0.3 is 0 Å². The predicted octanol–water partition coefficient (Wildman–Crippen LogP) is 3.36. The minimum atomic E-state index is 0.241. The van der Waals surface area contributed by atoms with Gasteiger partial charge in [0.05, 0.1) is 12.7 Å². The van der Waals surface area contributed by atoms with Gasteiger partial charge in [0.25, 0.3) is 0 Å². The number of hydrogen-bond donors (Lipinski definition) is 1. The first-order chi connectivity index (χ1) is 7.54. The van der Waals surface area contributed by atoms with Crippen LogP contribution in [0.3, 0.4) is 0 Å². The van der Waals surface area contributed by atoms with Crippen molar-refractivity contribution in [3.63, 3.8) is 0 Å². The molecule has 1 rings (SSSR count). The largest absolute Gasteiger partial charge is 0.374 e. The van der Waals surface area contributed by atoms with Crippen LogP contribution in [0.25, 0.3) is 0 Å². The highest BCUT2D eigenvalue weighted by molar-refractivity contribution is 6.31.